The van der Waals surface area contributed by atoms with Gasteiger partial charge in [0.15, 0.2) is 0 Å². The molecule has 5 rings (SSSR count). The zero-order valence-electron chi connectivity index (χ0n) is 14.7. The molecule has 130 valence electrons. The maximum absolute atomic E-state index is 6.06. The van der Waals surface area contributed by atoms with Crippen molar-refractivity contribution in [3.8, 4) is 0 Å². The largest absolute Gasteiger partial charge is 0.456 e. The number of furan rings is 1. The Kier molecular flexibility index (Phi) is 3.58. The molecule has 0 amide bonds. The lowest BCUT2D eigenvalue weighted by Gasteiger charge is -2.25. The molecule has 0 bridgehead atoms. The predicted molar refractivity (Wildman–Crippen MR) is 113 cm³/mol. The summed E-state index contributed by atoms with van der Waals surface area (Å²) in [5.41, 5.74) is 11.8. The molecule has 2 N–H and O–H groups in total. The topological polar surface area (TPSA) is 42.4 Å². The normalized spacial score (nSPS) is 11.1. The minimum atomic E-state index is 0.739. The molecular formula is C24H18N2O. The van der Waals surface area contributed by atoms with Crippen molar-refractivity contribution < 1.29 is 4.42 Å². The van der Waals surface area contributed by atoms with Gasteiger partial charge in [0.1, 0.15) is 11.2 Å². The highest BCUT2D eigenvalue weighted by atomic mass is 16.3. The first-order chi connectivity index (χ1) is 13.3. The van der Waals surface area contributed by atoms with E-state index >= 15 is 0 Å². The van der Waals surface area contributed by atoms with Crippen molar-refractivity contribution in [2.24, 2.45) is 0 Å². The SMILES string of the molecule is Nc1cccc(N(c2ccccc2)c2ccc3oc4ccccc4c3c2)c1. The van der Waals surface area contributed by atoms with Gasteiger partial charge in [0.2, 0.25) is 0 Å². The Morgan fingerprint density at radius 3 is 2.11 bits per heavy atom. The first kappa shape index (κ1) is 15.5. The van der Waals surface area contributed by atoms with E-state index in [-0.39, 0.29) is 0 Å². The second-order valence-corrected chi connectivity index (χ2v) is 6.54. The fraction of sp³-hybridized carbons (Fsp3) is 0. The minimum absolute atomic E-state index is 0.739. The fourth-order valence-electron chi connectivity index (χ4n) is 3.54. The molecule has 0 aliphatic carbocycles. The predicted octanol–water partition coefficient (Wildman–Crippen LogP) is 6.64. The molecule has 1 heterocycles. The Morgan fingerprint density at radius 2 is 1.26 bits per heavy atom. The van der Waals surface area contributed by atoms with Crippen molar-refractivity contribution >= 4 is 44.7 Å². The number of nitrogen functional groups attached to an aromatic ring is 1. The lowest BCUT2D eigenvalue weighted by Crippen LogP contribution is -2.10. The molecule has 0 saturated heterocycles. The van der Waals surface area contributed by atoms with Gasteiger partial charge in [-0.3, -0.25) is 0 Å². The van der Waals surface area contributed by atoms with Gasteiger partial charge < -0.3 is 15.1 Å². The number of anilines is 4. The monoisotopic (exact) mass is 350 g/mol. The summed E-state index contributed by atoms with van der Waals surface area (Å²) in [4.78, 5) is 2.21. The molecule has 0 atom stereocenters. The van der Waals surface area contributed by atoms with Crippen molar-refractivity contribution in [3.05, 3.63) is 97.1 Å². The van der Waals surface area contributed by atoms with Gasteiger partial charge >= 0.3 is 0 Å². The standard InChI is InChI=1S/C24H18N2O/c25-17-7-6-10-19(15-17)26(18-8-2-1-3-9-18)20-13-14-24-22(16-20)21-11-4-5-12-23(21)27-24/h1-16H,25H2. The zero-order valence-corrected chi connectivity index (χ0v) is 14.7. The lowest BCUT2D eigenvalue weighted by molar-refractivity contribution is 0.669. The molecule has 5 aromatic rings. The van der Waals surface area contributed by atoms with E-state index in [9.17, 15) is 0 Å². The number of benzene rings is 4. The van der Waals surface area contributed by atoms with Gasteiger partial charge in [-0.25, -0.2) is 0 Å². The molecule has 0 radical (unpaired) electrons. The molecule has 27 heavy (non-hydrogen) atoms. The average Bonchev–Trinajstić information content (AvgIpc) is 3.07. The van der Waals surface area contributed by atoms with Crippen molar-refractivity contribution in [2.45, 2.75) is 0 Å². The van der Waals surface area contributed by atoms with E-state index in [1.807, 2.05) is 60.7 Å². The van der Waals surface area contributed by atoms with Gasteiger partial charge in [-0.15, -0.1) is 0 Å². The number of rotatable bonds is 3. The first-order valence-corrected chi connectivity index (χ1v) is 8.92. The van der Waals surface area contributed by atoms with Crippen LogP contribution in [0.5, 0.6) is 0 Å². The third-order valence-corrected chi connectivity index (χ3v) is 4.76. The van der Waals surface area contributed by atoms with Gasteiger partial charge in [-0.05, 0) is 54.6 Å². The van der Waals surface area contributed by atoms with Crippen molar-refractivity contribution in [3.63, 3.8) is 0 Å². The molecular weight excluding hydrogens is 332 g/mol. The van der Waals surface area contributed by atoms with E-state index < -0.39 is 0 Å². The number of nitrogens with zero attached hydrogens (tertiary/aromatic N) is 1. The Bertz CT molecular complexity index is 1240. The number of nitrogens with two attached hydrogens (primary N) is 1. The second kappa shape index (κ2) is 6.22. The number of para-hydroxylation sites is 2. The quantitative estimate of drug-likeness (QED) is 0.371. The van der Waals surface area contributed by atoms with E-state index in [2.05, 4.69) is 41.3 Å². The molecule has 4 aromatic carbocycles. The van der Waals surface area contributed by atoms with Crippen LogP contribution in [0.15, 0.2) is 101 Å². The van der Waals surface area contributed by atoms with E-state index in [1.54, 1.807) is 0 Å². The Balaban J connectivity index is 1.75. The highest BCUT2D eigenvalue weighted by Gasteiger charge is 2.15. The molecule has 0 unspecified atom stereocenters. The summed E-state index contributed by atoms with van der Waals surface area (Å²) in [5.74, 6) is 0. The van der Waals surface area contributed by atoms with E-state index in [1.165, 1.54) is 0 Å². The van der Waals surface area contributed by atoms with Crippen LogP contribution in [-0.4, -0.2) is 0 Å². The highest BCUT2D eigenvalue weighted by molar-refractivity contribution is 6.06. The second-order valence-electron chi connectivity index (χ2n) is 6.54. The summed E-state index contributed by atoms with van der Waals surface area (Å²) in [6.45, 7) is 0. The van der Waals surface area contributed by atoms with Crippen LogP contribution in [0.1, 0.15) is 0 Å². The number of hydrogen-bond donors (Lipinski definition) is 1. The van der Waals surface area contributed by atoms with E-state index in [4.69, 9.17) is 10.2 Å². The van der Waals surface area contributed by atoms with Crippen molar-refractivity contribution in [2.75, 3.05) is 10.6 Å². The summed E-state index contributed by atoms with van der Waals surface area (Å²) in [5, 5.41) is 2.22. The van der Waals surface area contributed by atoms with Crippen LogP contribution < -0.4 is 10.6 Å². The highest BCUT2D eigenvalue weighted by Crippen LogP contribution is 2.38. The van der Waals surface area contributed by atoms with E-state index in [0.29, 0.717) is 0 Å². The summed E-state index contributed by atoms with van der Waals surface area (Å²) in [6, 6.07) is 32.7. The maximum atomic E-state index is 6.06. The maximum Gasteiger partial charge on any atom is 0.135 e. The molecule has 1 aromatic heterocycles. The molecule has 3 nitrogen and oxygen atoms in total. The first-order valence-electron chi connectivity index (χ1n) is 8.92. The van der Waals surface area contributed by atoms with Crippen LogP contribution in [0.3, 0.4) is 0 Å². The Hall–Kier alpha value is -3.72. The minimum Gasteiger partial charge on any atom is -0.456 e. The van der Waals surface area contributed by atoms with E-state index in [0.717, 1.165) is 44.7 Å². The summed E-state index contributed by atoms with van der Waals surface area (Å²) >= 11 is 0. The van der Waals surface area contributed by atoms with Gasteiger partial charge in [0.25, 0.3) is 0 Å². The van der Waals surface area contributed by atoms with Gasteiger partial charge in [-0.2, -0.15) is 0 Å². The van der Waals surface area contributed by atoms with Crippen LogP contribution in [0.2, 0.25) is 0 Å². The zero-order chi connectivity index (χ0) is 18.2. The van der Waals surface area contributed by atoms with Crippen molar-refractivity contribution in [1.29, 1.82) is 0 Å². The fourth-order valence-corrected chi connectivity index (χ4v) is 3.54. The molecule has 3 heteroatoms. The van der Waals surface area contributed by atoms with Crippen LogP contribution in [0, 0.1) is 0 Å². The summed E-state index contributed by atoms with van der Waals surface area (Å²) in [6.07, 6.45) is 0. The molecule has 0 aliphatic rings. The third kappa shape index (κ3) is 2.70. The number of fused-ring (bicyclic) bond motifs is 3. The number of hydrogen-bond acceptors (Lipinski definition) is 3. The van der Waals surface area contributed by atoms with Crippen molar-refractivity contribution in [1.82, 2.24) is 0 Å². The summed E-state index contributed by atoms with van der Waals surface area (Å²) < 4.78 is 5.98. The third-order valence-electron chi connectivity index (χ3n) is 4.76. The smallest absolute Gasteiger partial charge is 0.135 e. The van der Waals surface area contributed by atoms with Crippen LogP contribution in [-0.2, 0) is 0 Å². The van der Waals surface area contributed by atoms with Gasteiger partial charge in [0, 0.05) is 33.5 Å². The van der Waals surface area contributed by atoms with Crippen LogP contribution >= 0.6 is 0 Å². The van der Waals surface area contributed by atoms with Gasteiger partial charge in [0.05, 0.1) is 0 Å². The molecule has 0 aliphatic heterocycles. The Labute approximate surface area is 157 Å². The lowest BCUT2D eigenvalue weighted by atomic mass is 10.1. The molecule has 0 fully saturated rings. The average molecular weight is 350 g/mol. The summed E-state index contributed by atoms with van der Waals surface area (Å²) in [7, 11) is 0. The molecule has 0 spiro atoms. The molecule has 0 saturated carbocycles. The Morgan fingerprint density at radius 1 is 0.556 bits per heavy atom. The van der Waals surface area contributed by atoms with Crippen LogP contribution in [0.4, 0.5) is 22.7 Å². The van der Waals surface area contributed by atoms with Gasteiger partial charge in [-0.1, -0.05) is 42.5 Å². The van der Waals surface area contributed by atoms with Crippen LogP contribution in [0.25, 0.3) is 21.9 Å².